The zero-order valence-corrected chi connectivity index (χ0v) is 9.48. The number of aromatic nitrogens is 3. The number of aromatic amines is 1. The molecule has 0 fully saturated rings. The molecule has 0 unspecified atom stereocenters. The first-order valence-corrected chi connectivity index (χ1v) is 5.06. The first kappa shape index (κ1) is 11.1. The van der Waals surface area contributed by atoms with Crippen LogP contribution in [0.25, 0.3) is 0 Å². The molecule has 0 aliphatic heterocycles. The summed E-state index contributed by atoms with van der Waals surface area (Å²) in [4.78, 5) is 13.8. The van der Waals surface area contributed by atoms with Gasteiger partial charge < -0.3 is 10.4 Å². The highest BCUT2D eigenvalue weighted by atomic mass is 16.3. The van der Waals surface area contributed by atoms with Crippen LogP contribution in [0.5, 0.6) is 5.75 Å². The lowest BCUT2D eigenvalue weighted by molar-refractivity contribution is 0.477. The van der Waals surface area contributed by atoms with Gasteiger partial charge in [0.1, 0.15) is 11.4 Å². The predicted octanol–water partition coefficient (Wildman–Crippen LogP) is 1.23. The molecule has 17 heavy (non-hydrogen) atoms. The Morgan fingerprint density at radius 1 is 1.29 bits per heavy atom. The Kier molecular flexibility index (Phi) is 2.78. The Balaban J connectivity index is 2.34. The van der Waals surface area contributed by atoms with Crippen molar-refractivity contribution in [2.24, 2.45) is 0 Å². The van der Waals surface area contributed by atoms with Gasteiger partial charge in [-0.3, -0.25) is 9.78 Å². The Morgan fingerprint density at radius 3 is 2.76 bits per heavy atom. The third-order valence-electron chi connectivity index (χ3n) is 2.27. The van der Waals surface area contributed by atoms with Gasteiger partial charge in [0.2, 0.25) is 5.95 Å². The van der Waals surface area contributed by atoms with Gasteiger partial charge >= 0.3 is 0 Å². The summed E-state index contributed by atoms with van der Waals surface area (Å²) in [6, 6.07) is 5.09. The number of H-pyrrole nitrogens is 1. The van der Waals surface area contributed by atoms with E-state index in [2.05, 4.69) is 20.5 Å². The summed E-state index contributed by atoms with van der Waals surface area (Å²) in [5.41, 5.74) is 1.44. The van der Waals surface area contributed by atoms with Crippen molar-refractivity contribution < 1.29 is 5.11 Å². The molecule has 1 aromatic carbocycles. The van der Waals surface area contributed by atoms with Crippen molar-refractivity contribution in [1.29, 1.82) is 0 Å². The lowest BCUT2D eigenvalue weighted by Crippen LogP contribution is -2.15. The van der Waals surface area contributed by atoms with Crippen molar-refractivity contribution in [2.45, 2.75) is 13.8 Å². The number of anilines is 2. The minimum Gasteiger partial charge on any atom is -0.506 e. The second-order valence-electron chi connectivity index (χ2n) is 3.73. The number of hydrogen-bond donors (Lipinski definition) is 3. The fourth-order valence-electron chi connectivity index (χ4n) is 1.33. The van der Waals surface area contributed by atoms with Gasteiger partial charge in [-0.05, 0) is 31.5 Å². The molecular weight excluding hydrogens is 220 g/mol. The van der Waals surface area contributed by atoms with Crippen molar-refractivity contribution in [1.82, 2.24) is 15.2 Å². The maximum absolute atomic E-state index is 11.3. The van der Waals surface area contributed by atoms with E-state index >= 15 is 0 Å². The van der Waals surface area contributed by atoms with Crippen LogP contribution in [0.15, 0.2) is 23.0 Å². The second-order valence-corrected chi connectivity index (χ2v) is 3.73. The minimum absolute atomic E-state index is 0.0822. The zero-order chi connectivity index (χ0) is 12.4. The molecular formula is C11H12N4O2. The van der Waals surface area contributed by atoms with Gasteiger partial charge in [-0.15, -0.1) is 10.2 Å². The lowest BCUT2D eigenvalue weighted by atomic mass is 10.2. The monoisotopic (exact) mass is 232 g/mol. The van der Waals surface area contributed by atoms with E-state index in [0.717, 1.165) is 5.56 Å². The highest BCUT2D eigenvalue weighted by Crippen LogP contribution is 2.25. The Morgan fingerprint density at radius 2 is 2.06 bits per heavy atom. The Labute approximate surface area is 97.4 Å². The van der Waals surface area contributed by atoms with Crippen molar-refractivity contribution in [2.75, 3.05) is 5.32 Å². The molecule has 0 aliphatic carbocycles. The molecule has 6 heteroatoms. The fourth-order valence-corrected chi connectivity index (χ4v) is 1.33. The summed E-state index contributed by atoms with van der Waals surface area (Å²) in [5, 5.41) is 19.9. The van der Waals surface area contributed by atoms with E-state index in [4.69, 9.17) is 0 Å². The van der Waals surface area contributed by atoms with E-state index in [1.807, 2.05) is 6.92 Å². The molecule has 0 spiro atoms. The lowest BCUT2D eigenvalue weighted by Gasteiger charge is -2.07. The predicted molar refractivity (Wildman–Crippen MR) is 63.5 cm³/mol. The van der Waals surface area contributed by atoms with Crippen LogP contribution >= 0.6 is 0 Å². The van der Waals surface area contributed by atoms with Gasteiger partial charge in [-0.25, -0.2) is 0 Å². The molecule has 2 rings (SSSR count). The van der Waals surface area contributed by atoms with Gasteiger partial charge in [0.05, 0.1) is 5.69 Å². The number of aryl methyl sites for hydroxylation is 2. The number of nitrogens with zero attached hydrogens (tertiary/aromatic N) is 2. The van der Waals surface area contributed by atoms with Crippen LogP contribution in [0.4, 0.5) is 11.6 Å². The van der Waals surface area contributed by atoms with Crippen LogP contribution in [0.1, 0.15) is 11.3 Å². The first-order chi connectivity index (χ1) is 8.06. The number of benzene rings is 1. The zero-order valence-electron chi connectivity index (χ0n) is 9.48. The molecule has 0 radical (unpaired) electrons. The van der Waals surface area contributed by atoms with Crippen molar-refractivity contribution >= 4 is 11.6 Å². The van der Waals surface area contributed by atoms with Crippen molar-refractivity contribution in [3.8, 4) is 5.75 Å². The minimum atomic E-state index is -0.311. The first-order valence-electron chi connectivity index (χ1n) is 5.06. The van der Waals surface area contributed by atoms with Gasteiger partial charge in [-0.1, -0.05) is 6.07 Å². The van der Waals surface area contributed by atoms with Crippen LogP contribution in [0, 0.1) is 13.8 Å². The maximum Gasteiger partial charge on any atom is 0.273 e. The number of nitrogens with one attached hydrogen (secondary N) is 2. The highest BCUT2D eigenvalue weighted by molar-refractivity contribution is 5.62. The van der Waals surface area contributed by atoms with Gasteiger partial charge in [0.25, 0.3) is 5.56 Å². The average molecular weight is 232 g/mol. The van der Waals surface area contributed by atoms with Crippen LogP contribution in [-0.4, -0.2) is 20.3 Å². The van der Waals surface area contributed by atoms with E-state index in [1.54, 1.807) is 25.1 Å². The molecule has 0 aliphatic rings. The molecule has 6 nitrogen and oxygen atoms in total. The number of hydrogen-bond acceptors (Lipinski definition) is 5. The van der Waals surface area contributed by atoms with Crippen LogP contribution in [0.2, 0.25) is 0 Å². The number of aromatic hydroxyl groups is 1. The van der Waals surface area contributed by atoms with E-state index in [1.165, 1.54) is 0 Å². The third kappa shape index (κ3) is 2.41. The van der Waals surface area contributed by atoms with Crippen LogP contribution < -0.4 is 10.9 Å². The summed E-state index contributed by atoms with van der Waals surface area (Å²) in [7, 11) is 0. The number of rotatable bonds is 2. The number of phenolic OH excluding ortho intramolecular Hbond substituents is 1. The van der Waals surface area contributed by atoms with Crippen LogP contribution in [-0.2, 0) is 0 Å². The summed E-state index contributed by atoms with van der Waals surface area (Å²) in [6.45, 7) is 3.47. The van der Waals surface area contributed by atoms with Gasteiger partial charge in [0, 0.05) is 0 Å². The molecule has 88 valence electrons. The normalized spacial score (nSPS) is 10.2. The Hall–Kier alpha value is -2.37. The molecule has 0 saturated carbocycles. The highest BCUT2D eigenvalue weighted by Gasteiger charge is 2.04. The molecule has 0 saturated heterocycles. The van der Waals surface area contributed by atoms with Gasteiger partial charge in [-0.2, -0.15) is 0 Å². The van der Waals surface area contributed by atoms with Crippen LogP contribution in [0.3, 0.4) is 0 Å². The van der Waals surface area contributed by atoms with E-state index in [-0.39, 0.29) is 17.3 Å². The van der Waals surface area contributed by atoms with E-state index < -0.39 is 0 Å². The smallest absolute Gasteiger partial charge is 0.273 e. The third-order valence-corrected chi connectivity index (χ3v) is 2.27. The summed E-state index contributed by atoms with van der Waals surface area (Å²) in [6.07, 6.45) is 0. The average Bonchev–Trinajstić information content (AvgIpc) is 2.29. The largest absolute Gasteiger partial charge is 0.506 e. The van der Waals surface area contributed by atoms with E-state index in [9.17, 15) is 9.90 Å². The standard InChI is InChI=1S/C11H12N4O2/c1-6-3-4-9(16)8(5-6)12-11-13-10(17)7(2)14-15-11/h3-5,16H,1-2H3,(H2,12,13,15,17). The SMILES string of the molecule is Cc1ccc(O)c(Nc2nnc(C)c(=O)[nH]2)c1. The molecule has 1 heterocycles. The second kappa shape index (κ2) is 4.25. The quantitative estimate of drug-likeness (QED) is 0.677. The molecule has 0 amide bonds. The summed E-state index contributed by atoms with van der Waals surface area (Å²) >= 11 is 0. The fraction of sp³-hybridized carbons (Fsp3) is 0.182. The van der Waals surface area contributed by atoms with E-state index in [0.29, 0.717) is 11.4 Å². The maximum atomic E-state index is 11.3. The Bertz CT molecular complexity index is 607. The van der Waals surface area contributed by atoms with Gasteiger partial charge in [0.15, 0.2) is 0 Å². The summed E-state index contributed by atoms with van der Waals surface area (Å²) in [5.74, 6) is 0.278. The molecule has 0 bridgehead atoms. The topological polar surface area (TPSA) is 90.9 Å². The summed E-state index contributed by atoms with van der Waals surface area (Å²) < 4.78 is 0. The number of phenols is 1. The van der Waals surface area contributed by atoms with Crippen molar-refractivity contribution in [3.05, 3.63) is 39.8 Å². The molecule has 0 atom stereocenters. The molecule has 3 N–H and O–H groups in total. The van der Waals surface area contributed by atoms with Crippen molar-refractivity contribution in [3.63, 3.8) is 0 Å². The molecule has 1 aromatic heterocycles. The molecule has 2 aromatic rings.